The Kier molecular flexibility index (Phi) is 28.7. The summed E-state index contributed by atoms with van der Waals surface area (Å²) in [7, 11) is 0. The minimum atomic E-state index is -1.52. The normalized spacial score (nSPS) is 16.4. The zero-order valence-corrected chi connectivity index (χ0v) is 36.5. The van der Waals surface area contributed by atoms with Crippen LogP contribution in [0.1, 0.15) is 181 Å². The van der Waals surface area contributed by atoms with E-state index in [0.29, 0.717) is 38.6 Å². The second-order valence-corrected chi connectivity index (χ2v) is 16.9. The Morgan fingerprint density at radius 1 is 0.459 bits per heavy atom. The lowest BCUT2D eigenvalue weighted by atomic mass is 9.81. The molecule has 348 valence electrons. The summed E-state index contributed by atoms with van der Waals surface area (Å²) < 4.78 is 0. The van der Waals surface area contributed by atoms with Crippen molar-refractivity contribution in [2.75, 3.05) is 6.54 Å². The van der Waals surface area contributed by atoms with E-state index in [9.17, 15) is 58.5 Å². The molecule has 0 aliphatic heterocycles. The maximum Gasteiger partial charge on any atom is 0.326 e. The second kappa shape index (κ2) is 32.2. The Hall–Kier alpha value is -4.57. The Morgan fingerprint density at radius 3 is 1.23 bits per heavy atom. The summed E-state index contributed by atoms with van der Waals surface area (Å²) in [6.07, 6.45) is 17.1. The van der Waals surface area contributed by atoms with Gasteiger partial charge in [-0.05, 0) is 63.7 Å². The zero-order chi connectivity index (χ0) is 45.6. The first-order chi connectivity index (χ1) is 29.0. The second-order valence-electron chi connectivity index (χ2n) is 16.9. The molecule has 1 rings (SSSR count). The van der Waals surface area contributed by atoms with E-state index in [1.54, 1.807) is 13.8 Å². The quantitative estimate of drug-likeness (QED) is 0.0361. The highest BCUT2D eigenvalue weighted by Gasteiger charge is 2.31. The minimum Gasteiger partial charge on any atom is -0.481 e. The predicted molar refractivity (Wildman–Crippen MR) is 226 cm³/mol. The number of carboxylic acid groups (broad SMARTS) is 4. The lowest BCUT2D eigenvalue weighted by Crippen LogP contribution is -2.46. The van der Waals surface area contributed by atoms with Crippen LogP contribution in [0.25, 0.3) is 0 Å². The molecule has 1 aliphatic carbocycles. The van der Waals surface area contributed by atoms with Gasteiger partial charge < -0.3 is 41.7 Å². The van der Waals surface area contributed by atoms with E-state index >= 15 is 0 Å². The van der Waals surface area contributed by atoms with Crippen molar-refractivity contribution in [3.05, 3.63) is 0 Å². The number of hydrogen-bond acceptors (Lipinski definition) is 9. The van der Waals surface area contributed by atoms with Gasteiger partial charge >= 0.3 is 23.9 Å². The van der Waals surface area contributed by atoms with E-state index < -0.39 is 78.5 Å². The molecule has 0 aromatic heterocycles. The molecule has 3 atom stereocenters. The number of unbranched alkanes of at least 4 members (excludes halogenated alkanes) is 13. The number of nitrogens with one attached hydrogen (secondary N) is 4. The SMILES string of the molecule is CC(C)C(=O)CCC(NC(=O)CC[C@H](NC(=O)CCC(NC(=O)C1CCC(CNC(=O)CCCCCCCCCCCCCCCCC(=O)O)CC1)C(=O)O)C(=O)O)C(=O)O. The Balaban J connectivity index is 2.27. The fourth-order valence-corrected chi connectivity index (χ4v) is 7.38. The molecule has 61 heavy (non-hydrogen) atoms. The van der Waals surface area contributed by atoms with Crippen molar-refractivity contribution < 1.29 is 63.6 Å². The molecule has 17 nitrogen and oxygen atoms in total. The van der Waals surface area contributed by atoms with Gasteiger partial charge in [0.05, 0.1) is 0 Å². The minimum absolute atomic E-state index is 0.0201. The number of Topliss-reactive ketones (excluding diaryl/α,β-unsaturated/α-hetero) is 1. The number of aliphatic carboxylic acids is 4. The molecule has 0 aromatic carbocycles. The van der Waals surface area contributed by atoms with Gasteiger partial charge in [0.25, 0.3) is 0 Å². The van der Waals surface area contributed by atoms with Crippen molar-refractivity contribution in [1.82, 2.24) is 21.3 Å². The Bertz CT molecular complexity index is 1400. The molecule has 2 unspecified atom stereocenters. The van der Waals surface area contributed by atoms with Gasteiger partial charge in [-0.15, -0.1) is 0 Å². The number of amides is 4. The number of ketones is 1. The maximum atomic E-state index is 13.0. The maximum absolute atomic E-state index is 13.0. The molecule has 1 fully saturated rings. The van der Waals surface area contributed by atoms with Gasteiger partial charge in [0.1, 0.15) is 23.9 Å². The van der Waals surface area contributed by atoms with Gasteiger partial charge in [-0.3, -0.25) is 28.8 Å². The first-order valence-corrected chi connectivity index (χ1v) is 22.6. The monoisotopic (exact) mass is 867 g/mol. The lowest BCUT2D eigenvalue weighted by molar-refractivity contribution is -0.144. The summed E-state index contributed by atoms with van der Waals surface area (Å²) in [6.45, 7) is 3.86. The van der Waals surface area contributed by atoms with Crippen LogP contribution in [0.5, 0.6) is 0 Å². The number of hydrogen-bond donors (Lipinski definition) is 8. The number of carboxylic acids is 4. The van der Waals surface area contributed by atoms with Crippen molar-refractivity contribution in [2.45, 2.75) is 199 Å². The van der Waals surface area contributed by atoms with Gasteiger partial charge in [-0.1, -0.05) is 90.9 Å². The van der Waals surface area contributed by atoms with Crippen LogP contribution in [0, 0.1) is 17.8 Å². The van der Waals surface area contributed by atoms with Crippen molar-refractivity contribution in [2.24, 2.45) is 17.8 Å². The lowest BCUT2D eigenvalue weighted by Gasteiger charge is -2.28. The fourth-order valence-electron chi connectivity index (χ4n) is 7.38. The summed E-state index contributed by atoms with van der Waals surface area (Å²) in [5.74, 6) is -7.55. The third kappa shape index (κ3) is 27.1. The first kappa shape index (κ1) is 54.4. The van der Waals surface area contributed by atoms with Crippen LogP contribution in [-0.4, -0.2) is 98.4 Å². The van der Waals surface area contributed by atoms with Gasteiger partial charge in [-0.25, -0.2) is 14.4 Å². The van der Waals surface area contributed by atoms with Crippen LogP contribution in [0.3, 0.4) is 0 Å². The molecular formula is C44H74N4O13. The van der Waals surface area contributed by atoms with Crippen molar-refractivity contribution in [1.29, 1.82) is 0 Å². The van der Waals surface area contributed by atoms with Gasteiger partial charge in [0.15, 0.2) is 0 Å². The molecule has 1 aliphatic rings. The largest absolute Gasteiger partial charge is 0.481 e. The van der Waals surface area contributed by atoms with Crippen LogP contribution in [0.4, 0.5) is 0 Å². The van der Waals surface area contributed by atoms with Crippen molar-refractivity contribution in [3.8, 4) is 0 Å². The van der Waals surface area contributed by atoms with E-state index in [1.807, 2.05) is 0 Å². The Morgan fingerprint density at radius 2 is 0.836 bits per heavy atom. The van der Waals surface area contributed by atoms with Gasteiger partial charge in [-0.2, -0.15) is 0 Å². The summed E-state index contributed by atoms with van der Waals surface area (Å²) in [5.41, 5.74) is 0. The standard InChI is InChI=1S/C44H74N4O13/c1-30(2)36(49)26-23-33(42(56)57)46-38(51)27-24-34(43(58)59)47-39(52)28-25-35(44(60)61)48-41(55)32-21-19-31(20-22-32)29-45-37(50)17-15-13-11-9-7-5-3-4-6-8-10-12-14-16-18-40(53)54/h30-35H,3-29H2,1-2H3,(H,45,50)(H,46,51)(H,47,52)(H,48,55)(H,53,54)(H,56,57)(H,58,59)(H,60,61)/t31?,32?,33?,34-,35?/m0/s1. The van der Waals surface area contributed by atoms with Crippen LogP contribution < -0.4 is 21.3 Å². The predicted octanol–water partition coefficient (Wildman–Crippen LogP) is 5.51. The third-order valence-corrected chi connectivity index (χ3v) is 11.4. The van der Waals surface area contributed by atoms with E-state index in [-0.39, 0.29) is 55.6 Å². The summed E-state index contributed by atoms with van der Waals surface area (Å²) in [6, 6.07) is -4.26. The average Bonchev–Trinajstić information content (AvgIpc) is 3.20. The molecule has 0 bridgehead atoms. The summed E-state index contributed by atoms with van der Waals surface area (Å²) in [5, 5.41) is 47.4. The Labute approximate surface area is 360 Å². The molecule has 4 amide bonds. The van der Waals surface area contributed by atoms with Crippen molar-refractivity contribution >= 4 is 53.3 Å². The molecule has 8 N–H and O–H groups in total. The molecule has 0 radical (unpaired) electrons. The third-order valence-electron chi connectivity index (χ3n) is 11.4. The topological polar surface area (TPSA) is 283 Å². The number of carbonyl (C=O) groups excluding carboxylic acids is 5. The molecule has 17 heteroatoms. The molecule has 0 heterocycles. The van der Waals surface area contributed by atoms with Crippen LogP contribution in [0.15, 0.2) is 0 Å². The number of rotatable bonds is 36. The molecule has 1 saturated carbocycles. The molecule has 0 saturated heterocycles. The average molecular weight is 867 g/mol. The van der Waals surface area contributed by atoms with Crippen LogP contribution >= 0.6 is 0 Å². The molecule has 0 spiro atoms. The highest BCUT2D eigenvalue weighted by molar-refractivity contribution is 5.88. The van der Waals surface area contributed by atoms with E-state index in [1.165, 1.54) is 51.4 Å². The van der Waals surface area contributed by atoms with Crippen molar-refractivity contribution in [3.63, 3.8) is 0 Å². The summed E-state index contributed by atoms with van der Waals surface area (Å²) in [4.78, 5) is 108. The van der Waals surface area contributed by atoms with E-state index in [2.05, 4.69) is 21.3 Å². The highest BCUT2D eigenvalue weighted by atomic mass is 16.4. The zero-order valence-electron chi connectivity index (χ0n) is 36.5. The molecular weight excluding hydrogens is 792 g/mol. The van der Waals surface area contributed by atoms with E-state index in [0.717, 1.165) is 38.5 Å². The first-order valence-electron chi connectivity index (χ1n) is 22.6. The van der Waals surface area contributed by atoms with Gasteiger partial charge in [0.2, 0.25) is 23.6 Å². The molecule has 0 aromatic rings. The highest BCUT2D eigenvalue weighted by Crippen LogP contribution is 2.29. The van der Waals surface area contributed by atoms with E-state index in [4.69, 9.17) is 5.11 Å². The smallest absolute Gasteiger partial charge is 0.326 e. The van der Waals surface area contributed by atoms with Gasteiger partial charge in [0, 0.05) is 50.5 Å². The van der Waals surface area contributed by atoms with Crippen LogP contribution in [0.2, 0.25) is 0 Å². The number of carbonyl (C=O) groups is 9. The van der Waals surface area contributed by atoms with Crippen LogP contribution in [-0.2, 0) is 43.2 Å². The summed E-state index contributed by atoms with van der Waals surface area (Å²) >= 11 is 0. The fraction of sp³-hybridized carbons (Fsp3) is 0.795.